The zero-order valence-corrected chi connectivity index (χ0v) is 22.5. The average Bonchev–Trinajstić information content (AvgIpc) is 3.27. The Bertz CT molecular complexity index is 1320. The van der Waals surface area contributed by atoms with E-state index < -0.39 is 0 Å². The molecule has 4 nitrogen and oxygen atoms in total. The van der Waals surface area contributed by atoms with Crippen LogP contribution in [0.15, 0.2) is 9.98 Å². The molecule has 3 heterocycles. The number of rotatable bonds is 2. The summed E-state index contributed by atoms with van der Waals surface area (Å²) in [6, 6.07) is 0. The smallest absolute Gasteiger partial charge is 0.181 e. The van der Waals surface area contributed by atoms with Crippen molar-refractivity contribution in [2.45, 2.75) is 69.2 Å². The van der Waals surface area contributed by atoms with E-state index in [0.29, 0.717) is 6.67 Å². The molecule has 33 heavy (non-hydrogen) atoms. The molecule has 4 heteroatoms. The summed E-state index contributed by atoms with van der Waals surface area (Å²) in [5, 5.41) is 2.13. The molecule has 1 aliphatic heterocycles. The molecule has 0 spiro atoms. The fourth-order valence-corrected chi connectivity index (χ4v) is 5.61. The van der Waals surface area contributed by atoms with Gasteiger partial charge in [-0.2, -0.15) is 0 Å². The van der Waals surface area contributed by atoms with Gasteiger partial charge in [0.25, 0.3) is 0 Å². The largest absolute Gasteiger partial charge is 0.259 e. The molecule has 0 saturated heterocycles. The van der Waals surface area contributed by atoms with E-state index in [2.05, 4.69) is 92.5 Å². The molecule has 0 radical (unpaired) electrons. The van der Waals surface area contributed by atoms with Gasteiger partial charge in [0.2, 0.25) is 0 Å². The fraction of sp³-hybridized carbons (Fsp3) is 0.448. The first-order valence-electron chi connectivity index (χ1n) is 11.9. The van der Waals surface area contributed by atoms with Crippen LogP contribution in [0.25, 0.3) is 22.3 Å². The van der Waals surface area contributed by atoms with Gasteiger partial charge in [0.05, 0.1) is 10.7 Å². The van der Waals surface area contributed by atoms with Crippen molar-refractivity contribution in [3.8, 4) is 22.3 Å². The van der Waals surface area contributed by atoms with Gasteiger partial charge in [0.15, 0.2) is 22.8 Å². The van der Waals surface area contributed by atoms with Gasteiger partial charge in [-0.15, -0.1) is 0 Å². The molecule has 0 N–H and O–H groups in total. The molecule has 0 atom stereocenters. The second-order valence-electron chi connectivity index (χ2n) is 9.86. The molecule has 1 aliphatic rings. The Hall–Kier alpha value is -2.88. The molecule has 1 aromatic carbocycles. The van der Waals surface area contributed by atoms with Gasteiger partial charge in [-0.1, -0.05) is 0 Å². The van der Waals surface area contributed by atoms with E-state index in [-0.39, 0.29) is 0 Å². The van der Waals surface area contributed by atoms with Crippen molar-refractivity contribution in [2.24, 2.45) is 24.1 Å². The number of aromatic nitrogens is 2. The molecule has 0 unspecified atom stereocenters. The van der Waals surface area contributed by atoms with Gasteiger partial charge < -0.3 is 0 Å². The van der Waals surface area contributed by atoms with E-state index in [9.17, 15) is 0 Å². The van der Waals surface area contributed by atoms with Crippen molar-refractivity contribution in [3.05, 3.63) is 66.9 Å². The monoisotopic (exact) mass is 442 g/mol. The minimum Gasteiger partial charge on any atom is -0.259 e. The van der Waals surface area contributed by atoms with Gasteiger partial charge in [0, 0.05) is 72.2 Å². The van der Waals surface area contributed by atoms with E-state index in [1.165, 1.54) is 78.4 Å². The van der Waals surface area contributed by atoms with Crippen molar-refractivity contribution in [1.82, 2.24) is 0 Å². The van der Waals surface area contributed by atoms with Crippen LogP contribution in [0.5, 0.6) is 0 Å². The quantitative estimate of drug-likeness (QED) is 0.538. The summed E-state index contributed by atoms with van der Waals surface area (Å²) in [6.45, 7) is 22.9. The zero-order chi connectivity index (χ0) is 24.5. The third-order valence-electron chi connectivity index (χ3n) is 8.65. The van der Waals surface area contributed by atoms with Crippen LogP contribution < -0.4 is 19.8 Å². The number of fused-ring (bicyclic) bond motifs is 1. The first-order valence-corrected chi connectivity index (χ1v) is 11.9. The highest BCUT2D eigenvalue weighted by molar-refractivity contribution is 5.82. The molecular formula is C29H38N4+2. The highest BCUT2D eigenvalue weighted by Crippen LogP contribution is 2.35. The van der Waals surface area contributed by atoms with Crippen LogP contribution in [0.4, 0.5) is 0 Å². The Labute approximate surface area is 198 Å². The van der Waals surface area contributed by atoms with Gasteiger partial charge in [0.1, 0.15) is 20.8 Å². The predicted molar refractivity (Wildman–Crippen MR) is 134 cm³/mol. The van der Waals surface area contributed by atoms with E-state index in [1.54, 1.807) is 0 Å². The van der Waals surface area contributed by atoms with Gasteiger partial charge in [-0.05, 0) is 52.7 Å². The molecule has 172 valence electrons. The highest BCUT2D eigenvalue weighted by atomic mass is 15.0. The molecule has 0 saturated carbocycles. The van der Waals surface area contributed by atoms with Crippen LogP contribution in [-0.2, 0) is 14.1 Å². The molecule has 4 rings (SSSR count). The normalized spacial score (nSPS) is 12.6. The van der Waals surface area contributed by atoms with Crippen LogP contribution >= 0.6 is 0 Å². The second kappa shape index (κ2) is 7.86. The fourth-order valence-electron chi connectivity index (χ4n) is 5.61. The van der Waals surface area contributed by atoms with Crippen molar-refractivity contribution in [1.29, 1.82) is 0 Å². The average molecular weight is 443 g/mol. The van der Waals surface area contributed by atoms with Crippen LogP contribution in [0.1, 0.15) is 56.2 Å². The summed E-state index contributed by atoms with van der Waals surface area (Å²) in [5.74, 6) is 0. The molecule has 0 aliphatic carbocycles. The summed E-state index contributed by atoms with van der Waals surface area (Å²) in [6.07, 6.45) is 0. The van der Waals surface area contributed by atoms with Crippen LogP contribution in [-0.4, -0.2) is 6.67 Å². The number of pyridine rings is 2. The third-order valence-corrected chi connectivity index (χ3v) is 8.65. The van der Waals surface area contributed by atoms with E-state index in [0.717, 1.165) is 10.7 Å². The first-order chi connectivity index (χ1) is 15.4. The lowest BCUT2D eigenvalue weighted by Crippen LogP contribution is -2.39. The van der Waals surface area contributed by atoms with Crippen molar-refractivity contribution >= 4 is 0 Å². The second-order valence-corrected chi connectivity index (χ2v) is 9.86. The van der Waals surface area contributed by atoms with Crippen molar-refractivity contribution in [3.63, 3.8) is 0 Å². The lowest BCUT2D eigenvalue weighted by Gasteiger charge is -2.21. The van der Waals surface area contributed by atoms with E-state index in [4.69, 9.17) is 9.98 Å². The maximum Gasteiger partial charge on any atom is 0.181 e. The lowest BCUT2D eigenvalue weighted by atomic mass is 9.83. The summed E-state index contributed by atoms with van der Waals surface area (Å²) >= 11 is 0. The van der Waals surface area contributed by atoms with Crippen molar-refractivity contribution < 1.29 is 9.13 Å². The summed E-state index contributed by atoms with van der Waals surface area (Å²) in [4.78, 5) is 9.94. The Morgan fingerprint density at radius 3 is 0.970 bits per heavy atom. The first kappa shape index (κ1) is 23.3. The Kier molecular flexibility index (Phi) is 5.55. The van der Waals surface area contributed by atoms with Crippen LogP contribution in [0.3, 0.4) is 0 Å². The van der Waals surface area contributed by atoms with E-state index >= 15 is 0 Å². The number of benzene rings is 1. The predicted octanol–water partition coefficient (Wildman–Crippen LogP) is 3.96. The molecule has 2 aromatic heterocycles. The molecule has 3 aromatic rings. The molecular weight excluding hydrogens is 404 g/mol. The molecule has 0 fully saturated rings. The number of hydrogen-bond donors (Lipinski definition) is 0. The molecule has 0 bridgehead atoms. The Morgan fingerprint density at radius 1 is 0.424 bits per heavy atom. The van der Waals surface area contributed by atoms with Crippen LogP contribution in [0.2, 0.25) is 0 Å². The van der Waals surface area contributed by atoms with Gasteiger partial charge in [-0.25, -0.2) is 9.13 Å². The highest BCUT2D eigenvalue weighted by Gasteiger charge is 2.28. The molecule has 0 amide bonds. The Morgan fingerprint density at radius 2 is 0.697 bits per heavy atom. The maximum absolute atomic E-state index is 4.97. The minimum absolute atomic E-state index is 0.506. The summed E-state index contributed by atoms with van der Waals surface area (Å²) in [5.41, 5.74) is 18.3. The number of hydrogen-bond acceptors (Lipinski definition) is 2. The number of nitrogens with zero attached hydrogens (tertiary/aromatic N) is 4. The Balaban J connectivity index is 2.21. The van der Waals surface area contributed by atoms with Crippen LogP contribution in [0, 0.1) is 69.2 Å². The standard InChI is InChI=1S/C29H38N4/c1-14-15(2)27(25-18(5)22(9)33(12)23(10)19(25)6)29-28(30-13-31-29)26(14)24-16(3)20(7)32(11)21(8)17(24)4/h13H2,1-12H3/q+2. The summed E-state index contributed by atoms with van der Waals surface area (Å²) < 4.78 is 4.60. The summed E-state index contributed by atoms with van der Waals surface area (Å²) in [7, 11) is 4.32. The van der Waals surface area contributed by atoms with Gasteiger partial charge >= 0.3 is 0 Å². The van der Waals surface area contributed by atoms with Gasteiger partial charge in [-0.3, -0.25) is 9.98 Å². The van der Waals surface area contributed by atoms with E-state index in [1.807, 2.05) is 0 Å². The SMILES string of the molecule is Cc1c(C)c(-c2c(C)c(C)[n+](C)c(C)c2C)c2c(c1-c1c(C)c(C)[n+](C)c(C)c1C)=NCN=2. The maximum atomic E-state index is 4.97. The third kappa shape index (κ3) is 3.10. The topological polar surface area (TPSA) is 32.5 Å². The zero-order valence-electron chi connectivity index (χ0n) is 22.5. The minimum atomic E-state index is 0.506. The van der Waals surface area contributed by atoms with Crippen molar-refractivity contribution in [2.75, 3.05) is 6.67 Å². The lowest BCUT2D eigenvalue weighted by molar-refractivity contribution is -0.684.